The molecule has 6 heteroatoms. The van der Waals surface area contributed by atoms with Crippen LogP contribution in [0.25, 0.3) is 0 Å². The Morgan fingerprint density at radius 1 is 0.931 bits per heavy atom. The number of benzene rings is 2. The number of nitrogens with zero attached hydrogens (tertiary/aromatic N) is 2. The second kappa shape index (κ2) is 13.6. The van der Waals surface area contributed by atoms with E-state index in [1.807, 2.05) is 19.2 Å². The predicted molar refractivity (Wildman–Crippen MR) is 125 cm³/mol. The molecule has 1 N–H and O–H groups in total. The van der Waals surface area contributed by atoms with Crippen LogP contribution >= 0.6 is 24.8 Å². The van der Waals surface area contributed by atoms with Crippen LogP contribution in [0.4, 0.5) is 0 Å². The van der Waals surface area contributed by atoms with Gasteiger partial charge in [0.15, 0.2) is 0 Å². The Kier molecular flexibility index (Phi) is 11.9. The average molecular weight is 438 g/mol. The lowest BCUT2D eigenvalue weighted by molar-refractivity contribution is -0.134. The van der Waals surface area contributed by atoms with Crippen molar-refractivity contribution in [3.8, 4) is 0 Å². The van der Waals surface area contributed by atoms with Crippen LogP contribution in [0.3, 0.4) is 0 Å². The van der Waals surface area contributed by atoms with Gasteiger partial charge in [0.1, 0.15) is 0 Å². The fourth-order valence-electron chi connectivity index (χ4n) is 3.82. The molecule has 0 bridgehead atoms. The number of nitrogens with one attached hydrogen (secondary N) is 1. The molecule has 0 spiro atoms. The summed E-state index contributed by atoms with van der Waals surface area (Å²) in [6, 6.07) is 20.8. The summed E-state index contributed by atoms with van der Waals surface area (Å²) in [7, 11) is 2.00. The second-order valence-electron chi connectivity index (χ2n) is 7.50. The average Bonchev–Trinajstić information content (AvgIpc) is 2.70. The number of likely N-dealkylation sites (tertiary alicyclic amines) is 1. The zero-order chi connectivity index (χ0) is 18.9. The van der Waals surface area contributed by atoms with E-state index in [0.717, 1.165) is 45.6 Å². The Morgan fingerprint density at radius 2 is 1.41 bits per heavy atom. The normalized spacial score (nSPS) is 14.2. The molecule has 2 aromatic rings. The molecule has 4 nitrogen and oxygen atoms in total. The van der Waals surface area contributed by atoms with Gasteiger partial charge in [-0.25, -0.2) is 0 Å². The van der Waals surface area contributed by atoms with Gasteiger partial charge in [-0.1, -0.05) is 60.7 Å². The number of rotatable bonds is 8. The van der Waals surface area contributed by atoms with E-state index in [9.17, 15) is 4.79 Å². The maximum Gasteiger partial charge on any atom is 0.236 e. The van der Waals surface area contributed by atoms with Crippen LogP contribution in [0, 0.1) is 5.92 Å². The van der Waals surface area contributed by atoms with Gasteiger partial charge >= 0.3 is 0 Å². The standard InChI is InChI=1S/C23H31N3O.2ClH/c1-24-16-20-12-14-26(15-13-20)23(27)19-25(17-21-8-4-2-5-9-21)18-22-10-6-3-7-11-22;;/h2-11,20,24H,12-19H2,1H3;2*1H. The third-order valence-electron chi connectivity index (χ3n) is 5.32. The molecule has 1 aliphatic heterocycles. The molecule has 2 aromatic carbocycles. The third-order valence-corrected chi connectivity index (χ3v) is 5.32. The fourth-order valence-corrected chi connectivity index (χ4v) is 3.82. The number of piperidine rings is 1. The summed E-state index contributed by atoms with van der Waals surface area (Å²) in [5.41, 5.74) is 2.49. The molecule has 0 aromatic heterocycles. The summed E-state index contributed by atoms with van der Waals surface area (Å²) in [5, 5.41) is 3.26. The quantitative estimate of drug-likeness (QED) is 0.677. The first-order valence-corrected chi connectivity index (χ1v) is 9.97. The third kappa shape index (κ3) is 8.35. The number of halogens is 2. The molecule has 0 unspecified atom stereocenters. The lowest BCUT2D eigenvalue weighted by Crippen LogP contribution is -2.45. The minimum atomic E-state index is 0. The van der Waals surface area contributed by atoms with E-state index in [2.05, 4.69) is 63.6 Å². The summed E-state index contributed by atoms with van der Waals surface area (Å²) in [6.07, 6.45) is 2.20. The van der Waals surface area contributed by atoms with Crippen molar-refractivity contribution in [2.24, 2.45) is 5.92 Å². The van der Waals surface area contributed by atoms with E-state index < -0.39 is 0 Å². The van der Waals surface area contributed by atoms with Crippen molar-refractivity contribution >= 4 is 30.7 Å². The molecule has 1 amide bonds. The Balaban J connectivity index is 0.00000210. The van der Waals surface area contributed by atoms with E-state index in [4.69, 9.17) is 0 Å². The largest absolute Gasteiger partial charge is 0.342 e. The topological polar surface area (TPSA) is 35.6 Å². The molecule has 3 rings (SSSR count). The summed E-state index contributed by atoms with van der Waals surface area (Å²) in [4.78, 5) is 17.2. The number of hydrogen-bond acceptors (Lipinski definition) is 3. The summed E-state index contributed by atoms with van der Waals surface area (Å²) in [5.74, 6) is 0.952. The van der Waals surface area contributed by atoms with Gasteiger partial charge in [0, 0.05) is 26.2 Å². The number of amides is 1. The highest BCUT2D eigenvalue weighted by Crippen LogP contribution is 2.17. The van der Waals surface area contributed by atoms with Crippen molar-refractivity contribution in [1.29, 1.82) is 0 Å². The number of carbonyl (C=O) groups excluding carboxylic acids is 1. The van der Waals surface area contributed by atoms with Crippen molar-refractivity contribution in [1.82, 2.24) is 15.1 Å². The highest BCUT2D eigenvalue weighted by Gasteiger charge is 2.23. The van der Waals surface area contributed by atoms with Gasteiger partial charge in [-0.05, 0) is 43.5 Å². The van der Waals surface area contributed by atoms with E-state index in [0.29, 0.717) is 12.5 Å². The maximum absolute atomic E-state index is 12.9. The molecule has 0 atom stereocenters. The number of carbonyl (C=O) groups is 1. The molecule has 0 saturated carbocycles. The first-order chi connectivity index (χ1) is 13.2. The molecule has 0 radical (unpaired) electrons. The summed E-state index contributed by atoms with van der Waals surface area (Å²) < 4.78 is 0. The lowest BCUT2D eigenvalue weighted by Gasteiger charge is -2.33. The summed E-state index contributed by atoms with van der Waals surface area (Å²) in [6.45, 7) is 4.87. The molecule has 1 saturated heterocycles. The molecule has 1 fully saturated rings. The molecule has 160 valence electrons. The van der Waals surface area contributed by atoms with Crippen LogP contribution in [0.1, 0.15) is 24.0 Å². The molecule has 1 heterocycles. The van der Waals surface area contributed by atoms with Crippen molar-refractivity contribution in [2.75, 3.05) is 33.2 Å². The Labute approximate surface area is 187 Å². The van der Waals surface area contributed by atoms with Crippen LogP contribution in [-0.2, 0) is 17.9 Å². The maximum atomic E-state index is 12.9. The van der Waals surface area contributed by atoms with Crippen LogP contribution in [0.2, 0.25) is 0 Å². The summed E-state index contributed by atoms with van der Waals surface area (Å²) >= 11 is 0. The molecular weight excluding hydrogens is 405 g/mol. The van der Waals surface area contributed by atoms with E-state index in [1.54, 1.807) is 0 Å². The van der Waals surface area contributed by atoms with Crippen LogP contribution in [0.5, 0.6) is 0 Å². The van der Waals surface area contributed by atoms with Gasteiger partial charge in [0.2, 0.25) is 5.91 Å². The van der Waals surface area contributed by atoms with Crippen LogP contribution < -0.4 is 5.32 Å². The molecule has 29 heavy (non-hydrogen) atoms. The van der Waals surface area contributed by atoms with E-state index >= 15 is 0 Å². The lowest BCUT2D eigenvalue weighted by atomic mass is 9.97. The molecule has 0 aliphatic carbocycles. The monoisotopic (exact) mass is 437 g/mol. The van der Waals surface area contributed by atoms with E-state index in [-0.39, 0.29) is 30.7 Å². The zero-order valence-corrected chi connectivity index (χ0v) is 18.8. The zero-order valence-electron chi connectivity index (χ0n) is 17.1. The smallest absolute Gasteiger partial charge is 0.236 e. The Morgan fingerprint density at radius 3 is 1.86 bits per heavy atom. The molecular formula is C23H33Cl2N3O. The fraction of sp³-hybridized carbons (Fsp3) is 0.435. The Bertz CT molecular complexity index is 650. The SMILES string of the molecule is CNCC1CCN(C(=O)CN(Cc2ccccc2)Cc2ccccc2)CC1.Cl.Cl. The van der Waals surface area contributed by atoms with Crippen LogP contribution in [0.15, 0.2) is 60.7 Å². The highest BCUT2D eigenvalue weighted by atomic mass is 35.5. The second-order valence-corrected chi connectivity index (χ2v) is 7.50. The van der Waals surface area contributed by atoms with Crippen LogP contribution in [-0.4, -0.2) is 48.9 Å². The van der Waals surface area contributed by atoms with Crippen molar-refractivity contribution < 1.29 is 4.79 Å². The first kappa shape index (κ1) is 25.4. The van der Waals surface area contributed by atoms with Gasteiger partial charge in [0.25, 0.3) is 0 Å². The highest BCUT2D eigenvalue weighted by molar-refractivity contribution is 5.85. The molecule has 1 aliphatic rings. The minimum Gasteiger partial charge on any atom is -0.342 e. The Hall–Kier alpha value is -1.59. The van der Waals surface area contributed by atoms with Gasteiger partial charge in [-0.2, -0.15) is 0 Å². The van der Waals surface area contributed by atoms with Gasteiger partial charge in [-0.3, -0.25) is 9.69 Å². The van der Waals surface area contributed by atoms with Crippen molar-refractivity contribution in [3.63, 3.8) is 0 Å². The predicted octanol–water partition coefficient (Wildman–Crippen LogP) is 3.99. The van der Waals surface area contributed by atoms with Crippen molar-refractivity contribution in [3.05, 3.63) is 71.8 Å². The van der Waals surface area contributed by atoms with Gasteiger partial charge < -0.3 is 10.2 Å². The van der Waals surface area contributed by atoms with Gasteiger partial charge in [-0.15, -0.1) is 24.8 Å². The number of hydrogen-bond donors (Lipinski definition) is 1. The van der Waals surface area contributed by atoms with E-state index in [1.165, 1.54) is 11.1 Å². The first-order valence-electron chi connectivity index (χ1n) is 9.97. The minimum absolute atomic E-state index is 0. The van der Waals surface area contributed by atoms with Gasteiger partial charge in [0.05, 0.1) is 6.54 Å². The van der Waals surface area contributed by atoms with Crippen molar-refractivity contribution in [2.45, 2.75) is 25.9 Å².